The van der Waals surface area contributed by atoms with Crippen LogP contribution in [-0.4, -0.2) is 15.5 Å². The van der Waals surface area contributed by atoms with Crippen LogP contribution in [-0.2, 0) is 11.3 Å². The second-order valence-electron chi connectivity index (χ2n) is 5.61. The molecule has 1 aromatic carbocycles. The number of amides is 1. The highest BCUT2D eigenvalue weighted by molar-refractivity contribution is 5.77. The predicted octanol–water partition coefficient (Wildman–Crippen LogP) is 3.28. The van der Waals surface area contributed by atoms with Gasteiger partial charge in [-0.25, -0.2) is 4.98 Å². The molecule has 0 saturated carbocycles. The summed E-state index contributed by atoms with van der Waals surface area (Å²) in [6.45, 7) is 9.13. The van der Waals surface area contributed by atoms with Crippen LogP contribution in [0.2, 0.25) is 0 Å². The van der Waals surface area contributed by atoms with Gasteiger partial charge in [0.25, 0.3) is 0 Å². The van der Waals surface area contributed by atoms with E-state index >= 15 is 0 Å². The first-order valence-corrected chi connectivity index (χ1v) is 7.27. The maximum Gasteiger partial charge on any atom is 0.220 e. The number of rotatable bonds is 5. The fourth-order valence-corrected chi connectivity index (χ4v) is 2.39. The van der Waals surface area contributed by atoms with E-state index < -0.39 is 0 Å². The molecule has 4 nitrogen and oxygen atoms in total. The molecule has 108 valence electrons. The highest BCUT2D eigenvalue weighted by Crippen LogP contribution is 2.22. The Hall–Kier alpha value is -1.84. The Morgan fingerprint density at radius 2 is 2.00 bits per heavy atom. The number of hydrogen-bond acceptors (Lipinski definition) is 2. The number of aromatic nitrogens is 2. The Bertz CT molecular complexity index is 601. The molecule has 20 heavy (non-hydrogen) atoms. The van der Waals surface area contributed by atoms with E-state index in [9.17, 15) is 4.79 Å². The standard InChI is InChI=1S/C16H23N3O/c1-5-15(20)17-12(4)16-18-13-8-6-7-9-14(13)19(16)10-11(2)3/h6-9,11-12H,5,10H2,1-4H3,(H,17,20)/t12-/m1/s1. The van der Waals surface area contributed by atoms with Gasteiger partial charge >= 0.3 is 0 Å². The minimum Gasteiger partial charge on any atom is -0.346 e. The highest BCUT2D eigenvalue weighted by Gasteiger charge is 2.18. The summed E-state index contributed by atoms with van der Waals surface area (Å²) in [4.78, 5) is 16.3. The molecule has 2 rings (SSSR count). The third-order valence-electron chi connectivity index (χ3n) is 3.32. The van der Waals surface area contributed by atoms with E-state index in [2.05, 4.69) is 29.8 Å². The molecule has 0 radical (unpaired) electrons. The molecular formula is C16H23N3O. The zero-order valence-electron chi connectivity index (χ0n) is 12.7. The molecule has 1 N–H and O–H groups in total. The lowest BCUT2D eigenvalue weighted by atomic mass is 10.2. The van der Waals surface area contributed by atoms with Gasteiger partial charge < -0.3 is 9.88 Å². The van der Waals surface area contributed by atoms with Crippen LogP contribution in [0.4, 0.5) is 0 Å². The number of carbonyl (C=O) groups is 1. The van der Waals surface area contributed by atoms with Crippen LogP contribution in [0.5, 0.6) is 0 Å². The summed E-state index contributed by atoms with van der Waals surface area (Å²) in [6, 6.07) is 8.05. The summed E-state index contributed by atoms with van der Waals surface area (Å²) in [5, 5.41) is 3.00. The molecule has 0 aliphatic heterocycles. The van der Waals surface area contributed by atoms with E-state index in [4.69, 9.17) is 4.98 Å². The van der Waals surface area contributed by atoms with Gasteiger partial charge in [0.2, 0.25) is 5.91 Å². The number of hydrogen-bond donors (Lipinski definition) is 1. The van der Waals surface area contributed by atoms with Crippen molar-refractivity contribution in [2.45, 2.75) is 46.7 Å². The molecule has 0 bridgehead atoms. The average Bonchev–Trinajstić information content (AvgIpc) is 2.77. The quantitative estimate of drug-likeness (QED) is 0.908. The molecule has 0 aliphatic carbocycles. The van der Waals surface area contributed by atoms with Gasteiger partial charge in [0.05, 0.1) is 17.1 Å². The molecular weight excluding hydrogens is 250 g/mol. The number of nitrogens with one attached hydrogen (secondary N) is 1. The summed E-state index contributed by atoms with van der Waals surface area (Å²) in [5.41, 5.74) is 2.12. The molecule has 1 amide bonds. The summed E-state index contributed by atoms with van der Waals surface area (Å²) >= 11 is 0. The fourth-order valence-electron chi connectivity index (χ4n) is 2.39. The molecule has 1 atom stereocenters. The summed E-state index contributed by atoms with van der Waals surface area (Å²) in [7, 11) is 0. The number of fused-ring (bicyclic) bond motifs is 1. The van der Waals surface area contributed by atoms with Gasteiger partial charge in [-0.05, 0) is 25.0 Å². The third-order valence-corrected chi connectivity index (χ3v) is 3.32. The van der Waals surface area contributed by atoms with E-state index in [0.29, 0.717) is 12.3 Å². The first kappa shape index (κ1) is 14.6. The molecule has 0 saturated heterocycles. The average molecular weight is 273 g/mol. The van der Waals surface area contributed by atoms with Crippen molar-refractivity contribution in [3.8, 4) is 0 Å². The van der Waals surface area contributed by atoms with E-state index in [1.807, 2.05) is 32.0 Å². The lowest BCUT2D eigenvalue weighted by Gasteiger charge is -2.17. The monoisotopic (exact) mass is 273 g/mol. The van der Waals surface area contributed by atoms with Gasteiger partial charge in [0, 0.05) is 13.0 Å². The minimum absolute atomic E-state index is 0.0562. The molecule has 0 unspecified atom stereocenters. The zero-order chi connectivity index (χ0) is 14.7. The largest absolute Gasteiger partial charge is 0.346 e. The minimum atomic E-state index is -0.0754. The lowest BCUT2D eigenvalue weighted by Crippen LogP contribution is -2.28. The third kappa shape index (κ3) is 3.00. The maximum atomic E-state index is 11.6. The number of nitrogens with zero attached hydrogens (tertiary/aromatic N) is 2. The zero-order valence-corrected chi connectivity index (χ0v) is 12.7. The molecule has 4 heteroatoms. The van der Waals surface area contributed by atoms with Crippen molar-refractivity contribution >= 4 is 16.9 Å². The topological polar surface area (TPSA) is 46.9 Å². The SMILES string of the molecule is CCC(=O)N[C@H](C)c1nc2ccccc2n1CC(C)C. The maximum absolute atomic E-state index is 11.6. The van der Waals surface area contributed by atoms with Crippen LogP contribution in [0.15, 0.2) is 24.3 Å². The van der Waals surface area contributed by atoms with Crippen molar-refractivity contribution in [1.29, 1.82) is 0 Å². The normalized spacial score (nSPS) is 12.8. The van der Waals surface area contributed by atoms with Gasteiger partial charge in [0.1, 0.15) is 5.82 Å². The second kappa shape index (κ2) is 6.07. The smallest absolute Gasteiger partial charge is 0.220 e. The number of para-hydroxylation sites is 2. The molecule has 0 fully saturated rings. The van der Waals surface area contributed by atoms with E-state index in [1.165, 1.54) is 0 Å². The molecule has 0 aliphatic rings. The van der Waals surface area contributed by atoms with E-state index in [1.54, 1.807) is 0 Å². The summed E-state index contributed by atoms with van der Waals surface area (Å²) in [6.07, 6.45) is 0.495. The van der Waals surface area contributed by atoms with Gasteiger partial charge in [-0.3, -0.25) is 4.79 Å². The van der Waals surface area contributed by atoms with E-state index in [-0.39, 0.29) is 11.9 Å². The summed E-state index contributed by atoms with van der Waals surface area (Å²) in [5.74, 6) is 1.52. The second-order valence-corrected chi connectivity index (χ2v) is 5.61. The van der Waals surface area contributed by atoms with Crippen LogP contribution < -0.4 is 5.32 Å². The Kier molecular flexibility index (Phi) is 4.42. The summed E-state index contributed by atoms with van der Waals surface area (Å²) < 4.78 is 2.22. The van der Waals surface area contributed by atoms with Crippen LogP contribution in [0.1, 0.15) is 46.0 Å². The Labute approximate surface area is 120 Å². The van der Waals surface area contributed by atoms with Gasteiger partial charge in [-0.1, -0.05) is 32.9 Å². The fraction of sp³-hybridized carbons (Fsp3) is 0.500. The molecule has 0 spiro atoms. The van der Waals surface area contributed by atoms with Gasteiger partial charge in [0.15, 0.2) is 0 Å². The van der Waals surface area contributed by atoms with E-state index in [0.717, 1.165) is 23.4 Å². The lowest BCUT2D eigenvalue weighted by molar-refractivity contribution is -0.121. The molecule has 1 heterocycles. The first-order valence-electron chi connectivity index (χ1n) is 7.27. The number of imidazole rings is 1. The van der Waals surface area contributed by atoms with Crippen LogP contribution in [0, 0.1) is 5.92 Å². The van der Waals surface area contributed by atoms with Crippen molar-refractivity contribution in [3.63, 3.8) is 0 Å². The van der Waals surface area contributed by atoms with Crippen molar-refractivity contribution in [3.05, 3.63) is 30.1 Å². The Morgan fingerprint density at radius 3 is 2.65 bits per heavy atom. The van der Waals surface area contributed by atoms with Crippen LogP contribution in [0.25, 0.3) is 11.0 Å². The number of benzene rings is 1. The van der Waals surface area contributed by atoms with Gasteiger partial charge in [-0.2, -0.15) is 0 Å². The van der Waals surface area contributed by atoms with Crippen molar-refractivity contribution < 1.29 is 4.79 Å². The first-order chi connectivity index (χ1) is 9.52. The van der Waals surface area contributed by atoms with Crippen LogP contribution >= 0.6 is 0 Å². The van der Waals surface area contributed by atoms with Crippen molar-refractivity contribution in [2.24, 2.45) is 5.92 Å². The predicted molar refractivity (Wildman–Crippen MR) is 81.4 cm³/mol. The highest BCUT2D eigenvalue weighted by atomic mass is 16.1. The Morgan fingerprint density at radius 1 is 1.30 bits per heavy atom. The molecule has 2 aromatic rings. The number of carbonyl (C=O) groups excluding carboxylic acids is 1. The van der Waals surface area contributed by atoms with Crippen LogP contribution in [0.3, 0.4) is 0 Å². The molecule has 1 aromatic heterocycles. The van der Waals surface area contributed by atoms with Crippen molar-refractivity contribution in [1.82, 2.24) is 14.9 Å². The Balaban J connectivity index is 2.42. The van der Waals surface area contributed by atoms with Crippen molar-refractivity contribution in [2.75, 3.05) is 0 Å². The van der Waals surface area contributed by atoms with Gasteiger partial charge in [-0.15, -0.1) is 0 Å².